The van der Waals surface area contributed by atoms with Gasteiger partial charge in [-0.2, -0.15) is 0 Å². The van der Waals surface area contributed by atoms with Gasteiger partial charge in [0.1, 0.15) is 5.75 Å². The summed E-state index contributed by atoms with van der Waals surface area (Å²) in [6.45, 7) is 0.761. The van der Waals surface area contributed by atoms with Gasteiger partial charge in [0.25, 0.3) is 0 Å². The molecule has 10 atom stereocenters. The Bertz CT molecular complexity index is 8680. The maximum atomic E-state index is 16.8. The molecule has 4 aliphatic heterocycles. The molecule has 6 nitrogen and oxygen atoms in total. The largest absolute Gasteiger partial charge is 0.508 e. The lowest BCUT2D eigenvalue weighted by molar-refractivity contribution is -0.165. The van der Waals surface area contributed by atoms with Crippen LogP contribution in [0.15, 0.2) is 30.4 Å². The van der Waals surface area contributed by atoms with Crippen LogP contribution in [0.5, 0.6) is 5.75 Å². The maximum absolute atomic E-state index is 16.8. The minimum Gasteiger partial charge on any atom is -0.508 e. The molecule has 13 aliphatic rings. The van der Waals surface area contributed by atoms with Crippen LogP contribution in [-0.2, 0) is 41.4 Å². The molecule has 4 heterocycles. The molecular formula is C81H20N2O4. The van der Waals surface area contributed by atoms with Crippen molar-refractivity contribution in [1.29, 1.82) is 0 Å². The van der Waals surface area contributed by atoms with Gasteiger partial charge in [-0.25, -0.2) is 0 Å². The molecule has 87 heavy (non-hydrogen) atoms. The number of phenolic OH excluding ortho intramolecular Hbond substituents is 1. The van der Waals surface area contributed by atoms with Crippen LogP contribution in [0.3, 0.4) is 0 Å². The van der Waals surface area contributed by atoms with E-state index in [2.05, 4.69) is 28.4 Å². The average molecular weight is 1090 g/mol. The summed E-state index contributed by atoms with van der Waals surface area (Å²) in [7, 11) is 1.57. The normalized spacial score (nSPS) is 35.7. The minimum absolute atomic E-state index is 0.0557. The maximum Gasteiger partial charge on any atom is 0.322 e. The zero-order chi connectivity index (χ0) is 52.7. The summed E-state index contributed by atoms with van der Waals surface area (Å²) in [4.78, 5) is 36.5. The Balaban J connectivity index is 0.994. The third-order valence-corrected chi connectivity index (χ3v) is 34.4. The van der Waals surface area contributed by atoms with E-state index in [4.69, 9.17) is 4.74 Å². The number of rotatable bonds is 1. The molecule has 9 aliphatic carbocycles. The first-order valence-corrected chi connectivity index (χ1v) is 32.7. The Hall–Kier alpha value is -9.62. The van der Waals surface area contributed by atoms with Crippen LogP contribution in [0.1, 0.15) is 58.2 Å². The van der Waals surface area contributed by atoms with Gasteiger partial charge in [-0.05, 0) is 352 Å². The van der Waals surface area contributed by atoms with Gasteiger partial charge in [0.2, 0.25) is 5.91 Å². The lowest BCUT2D eigenvalue weighted by atomic mass is 9.24. The summed E-state index contributed by atoms with van der Waals surface area (Å²) < 4.78 is 6.40. The molecule has 0 radical (unpaired) electrons. The van der Waals surface area contributed by atoms with Crippen molar-refractivity contribution >= 4 is 287 Å². The number of amides is 1. The Morgan fingerprint density at radius 2 is 0.920 bits per heavy atom. The third kappa shape index (κ3) is 1.68. The van der Waals surface area contributed by atoms with Crippen LogP contribution in [0, 0.1) is 16.7 Å². The third-order valence-electron chi connectivity index (χ3n) is 34.4. The molecule has 1 amide bonds. The smallest absolute Gasteiger partial charge is 0.322 e. The Morgan fingerprint density at radius 1 is 0.506 bits per heavy atom. The zero-order valence-electron chi connectivity index (χ0n) is 45.0. The minimum atomic E-state index is -1.58. The molecule has 6 spiro atoms. The molecular weight excluding hydrogens is 1060 g/mol. The molecule has 2 saturated heterocycles. The molecule has 27 aromatic carbocycles. The predicted octanol–water partition coefficient (Wildman–Crippen LogP) is 16.8. The van der Waals surface area contributed by atoms with Crippen molar-refractivity contribution in [2.45, 2.75) is 57.9 Å². The van der Waals surface area contributed by atoms with E-state index in [0.717, 1.165) is 24.2 Å². The van der Waals surface area contributed by atoms with Gasteiger partial charge in [0, 0.05) is 45.3 Å². The molecule has 0 aromatic heterocycles. The van der Waals surface area contributed by atoms with Crippen molar-refractivity contribution < 1.29 is 19.4 Å². The monoisotopic (exact) mass is 1080 g/mol. The lowest BCUT2D eigenvalue weighted by Crippen LogP contribution is -2.81. The van der Waals surface area contributed by atoms with Crippen LogP contribution < -0.4 is 5.32 Å². The second kappa shape index (κ2) is 7.45. The number of carbonyl (C=O) groups is 2. The number of hydrogen-bond acceptors (Lipinski definition) is 5. The highest BCUT2D eigenvalue weighted by atomic mass is 16.5. The van der Waals surface area contributed by atoms with Crippen LogP contribution in [0.25, 0.3) is 269 Å². The molecule has 40 rings (SSSR count). The fourth-order valence-electron chi connectivity index (χ4n) is 35.6. The van der Waals surface area contributed by atoms with Crippen molar-refractivity contribution in [3.63, 3.8) is 0 Å². The summed E-state index contributed by atoms with van der Waals surface area (Å²) >= 11 is 0. The Labute approximate surface area is 477 Å². The summed E-state index contributed by atoms with van der Waals surface area (Å²) in [5.41, 5.74) is 5.76. The van der Waals surface area contributed by atoms with Gasteiger partial charge in [0.15, 0.2) is 5.41 Å². The van der Waals surface area contributed by atoms with Gasteiger partial charge >= 0.3 is 5.97 Å². The van der Waals surface area contributed by atoms with Crippen molar-refractivity contribution in [1.82, 2.24) is 4.90 Å². The van der Waals surface area contributed by atoms with Gasteiger partial charge in [-0.15, -0.1) is 0 Å². The number of carbonyl (C=O) groups excluding carboxylic acids is 2. The SMILES string of the molecule is COC(=O)[C@@]12C[C@@]34C=C[C@@H]5N6CC[C@@]1(c1cc(O)ccc1NC2=O)[C@@]63C12c3c6c7c8c9c%10c%11c%12c(c%13c%14c%15c(c%16c3c3c%17c6c6c8c8c9c9c%11c%11c%18c%12c%14c%12c%14c%15c%15c%16c3c3c%16c%17c6c6c8c8c9c%11c9c(c%18%12)c%11c%14c%15c3c3c%16c6c8c9c%113)C%1351)C%101C[C@@H]4C712. The first-order valence-electron chi connectivity index (χ1n) is 32.7. The zero-order valence-corrected chi connectivity index (χ0v) is 45.0. The summed E-state index contributed by atoms with van der Waals surface area (Å²) in [6.07, 6.45) is 7.63. The molecule has 2 bridgehead atoms. The molecule has 4 unspecified atom stereocenters. The van der Waals surface area contributed by atoms with Crippen molar-refractivity contribution in [3.05, 3.63) is 69.3 Å². The highest BCUT2D eigenvalue weighted by Gasteiger charge is 3.10. The highest BCUT2D eigenvalue weighted by molar-refractivity contribution is 6.81. The number of esters is 1. The second-order valence-electron chi connectivity index (χ2n) is 33.2. The van der Waals surface area contributed by atoms with Gasteiger partial charge < -0.3 is 15.2 Å². The second-order valence-corrected chi connectivity index (χ2v) is 33.2. The first kappa shape index (κ1) is 33.9. The predicted molar refractivity (Wildman–Crippen MR) is 344 cm³/mol. The van der Waals surface area contributed by atoms with E-state index >= 15 is 9.59 Å². The van der Waals surface area contributed by atoms with Gasteiger partial charge in [-0.1, -0.05) is 12.2 Å². The van der Waals surface area contributed by atoms with Gasteiger partial charge in [-0.3, -0.25) is 14.5 Å². The first-order chi connectivity index (χ1) is 43.0. The van der Waals surface area contributed by atoms with E-state index < -0.39 is 38.0 Å². The van der Waals surface area contributed by atoms with Crippen molar-refractivity contribution in [2.24, 2.45) is 16.7 Å². The number of phenols is 1. The van der Waals surface area contributed by atoms with E-state index in [9.17, 15) is 5.11 Å². The number of benzene rings is 18. The fraction of sp³-hybridized carbons (Fsp3) is 0.185. The van der Waals surface area contributed by atoms with E-state index in [1.807, 2.05) is 6.07 Å². The number of aromatic hydroxyl groups is 1. The van der Waals surface area contributed by atoms with E-state index in [1.54, 1.807) is 316 Å². The number of ether oxygens (including phenoxy) is 1. The fourth-order valence-corrected chi connectivity index (χ4v) is 35.6. The van der Waals surface area contributed by atoms with Crippen LogP contribution in [0.2, 0.25) is 0 Å². The Kier molecular flexibility index (Phi) is 2.90. The number of methoxy groups -OCH3 is 1. The number of nitrogens with one attached hydrogen (secondary N) is 1. The molecule has 5 fully saturated rings. The topological polar surface area (TPSA) is 78.9 Å². The molecule has 378 valence electrons. The van der Waals surface area contributed by atoms with Crippen LogP contribution >= 0.6 is 0 Å². The Morgan fingerprint density at radius 3 is 1.40 bits per heavy atom. The summed E-state index contributed by atoms with van der Waals surface area (Å²) in [5.74, 6) is -0.290. The molecule has 6 heteroatoms. The standard InChI is InChI=1S/C81H20N2O4/c1-87-73(86)76-10-74-5-4-15-78-67-59-51-44-34-26-19-17-16-18-20-21(19)28-32(26)45(51)53-47-36(28)35-27(20)31-25(18)33-29-22(16)24-23(17)30(34)39-41-37(24)40-38(29)48-42(33)49-43(31)52-46(35)56(47)65-68-61(52)57(49)66-58(48)63-54(40)55(41)64(60(67)50(39)44)71(78)70(63)75(66)9-14(74)79(68,75)80(78,69(65)62(53)59)81(74)77(76,6-7-83(15)81)12-8-11(84)2-3-13(12)82-72(76)85/h2-5,8,14-15,84H,6-7,9-10H2,1H3,(H,82,85)/t14-,15-,74+,75?,76-,77-,78?,79?,80?,81-/m0/s1. The van der Waals surface area contributed by atoms with E-state index in [0.29, 0.717) is 12.8 Å². The summed E-state index contributed by atoms with van der Waals surface area (Å²) in [5, 5.41) is 96.3. The number of hydrogen-bond donors (Lipinski definition) is 2. The van der Waals surface area contributed by atoms with Gasteiger partial charge in [0.05, 0.1) is 18.1 Å². The summed E-state index contributed by atoms with van der Waals surface area (Å²) in [6, 6.07) is 5.78. The van der Waals surface area contributed by atoms with Crippen LogP contribution in [0.4, 0.5) is 5.69 Å². The molecule has 27 aromatic rings. The van der Waals surface area contributed by atoms with Crippen molar-refractivity contribution in [3.8, 4) is 5.75 Å². The lowest BCUT2D eigenvalue weighted by Gasteiger charge is -2.76. The van der Waals surface area contributed by atoms with Crippen molar-refractivity contribution in [2.75, 3.05) is 19.0 Å². The molecule has 3 saturated carbocycles. The van der Waals surface area contributed by atoms with Crippen LogP contribution in [-0.4, -0.2) is 47.1 Å². The number of nitrogens with zero attached hydrogens (tertiary/aromatic N) is 1. The average Bonchev–Trinajstić information content (AvgIpc) is 1.34. The quantitative estimate of drug-likeness (QED) is 0.0563. The van der Waals surface area contributed by atoms with E-state index in [1.165, 1.54) is 0 Å². The molecule has 2 N–H and O–H groups in total. The number of anilines is 1. The number of fused-ring (bicyclic) bond motifs is 1. The van der Waals surface area contributed by atoms with E-state index in [-0.39, 0.29) is 35.0 Å². The highest BCUT2D eigenvalue weighted by Crippen LogP contribution is 3.07.